The van der Waals surface area contributed by atoms with E-state index in [2.05, 4.69) is 4.98 Å². The highest BCUT2D eigenvalue weighted by molar-refractivity contribution is 5.75. The van der Waals surface area contributed by atoms with Crippen molar-refractivity contribution in [3.05, 3.63) is 22.7 Å². The molecule has 0 amide bonds. The highest BCUT2D eigenvalue weighted by atomic mass is 16.1. The number of aryl methyl sites for hydroxylation is 1. The van der Waals surface area contributed by atoms with Crippen molar-refractivity contribution in [2.75, 3.05) is 5.73 Å². The quantitative estimate of drug-likeness (QED) is 0.831. The molecule has 0 unspecified atom stereocenters. The molecule has 0 bridgehead atoms. The van der Waals surface area contributed by atoms with E-state index in [0.29, 0.717) is 17.9 Å². The van der Waals surface area contributed by atoms with E-state index in [9.17, 15) is 4.79 Å². The molecule has 0 aliphatic heterocycles. The van der Waals surface area contributed by atoms with E-state index in [1.54, 1.807) is 21.4 Å². The second kappa shape index (κ2) is 3.66. The topological polar surface area (TPSA) is 65.8 Å². The number of nitrogens with two attached hydrogens (primary N) is 1. The molecule has 2 aromatic rings. The monoisotopic (exact) mass is 220 g/mol. The Kier molecular flexibility index (Phi) is 2.46. The molecule has 16 heavy (non-hydrogen) atoms. The molecule has 0 atom stereocenters. The molecule has 0 aliphatic carbocycles. The SMILES string of the molecule is CCn1c(=O)n(C(C)C)c2cc(N)cnc21. The maximum atomic E-state index is 12.1. The molecule has 86 valence electrons. The van der Waals surface area contributed by atoms with Crippen LogP contribution in [0.15, 0.2) is 17.1 Å². The first-order valence-electron chi connectivity index (χ1n) is 5.42. The molecule has 2 aromatic heterocycles. The van der Waals surface area contributed by atoms with Gasteiger partial charge in [0.1, 0.15) is 0 Å². The summed E-state index contributed by atoms with van der Waals surface area (Å²) in [6.07, 6.45) is 1.58. The van der Waals surface area contributed by atoms with Crippen LogP contribution in [0, 0.1) is 0 Å². The van der Waals surface area contributed by atoms with Crippen molar-refractivity contribution < 1.29 is 0 Å². The van der Waals surface area contributed by atoms with Crippen LogP contribution in [-0.2, 0) is 6.54 Å². The largest absolute Gasteiger partial charge is 0.397 e. The number of rotatable bonds is 2. The number of imidazole rings is 1. The van der Waals surface area contributed by atoms with Crippen LogP contribution in [0.1, 0.15) is 26.8 Å². The standard InChI is InChI=1S/C11H16N4O/c1-4-14-10-9(5-8(12)6-13-10)15(7(2)3)11(14)16/h5-7H,4,12H2,1-3H3. The fourth-order valence-electron chi connectivity index (χ4n) is 1.95. The first kappa shape index (κ1) is 10.7. The maximum absolute atomic E-state index is 12.1. The van der Waals surface area contributed by atoms with Crippen molar-refractivity contribution >= 4 is 16.9 Å². The molecule has 0 radical (unpaired) electrons. The zero-order valence-electron chi connectivity index (χ0n) is 9.77. The number of hydrogen-bond acceptors (Lipinski definition) is 3. The van der Waals surface area contributed by atoms with Gasteiger partial charge in [-0.1, -0.05) is 0 Å². The Balaban J connectivity index is 2.92. The molecule has 5 heteroatoms. The number of aromatic nitrogens is 3. The summed E-state index contributed by atoms with van der Waals surface area (Å²) in [4.78, 5) is 16.3. The van der Waals surface area contributed by atoms with Crippen LogP contribution in [0.5, 0.6) is 0 Å². The van der Waals surface area contributed by atoms with E-state index >= 15 is 0 Å². The molecule has 0 aromatic carbocycles. The van der Waals surface area contributed by atoms with E-state index in [4.69, 9.17) is 5.73 Å². The minimum atomic E-state index is -0.0226. The van der Waals surface area contributed by atoms with Crippen molar-refractivity contribution in [2.45, 2.75) is 33.4 Å². The van der Waals surface area contributed by atoms with Crippen LogP contribution in [0.4, 0.5) is 5.69 Å². The van der Waals surface area contributed by atoms with Gasteiger partial charge in [0.15, 0.2) is 5.65 Å². The summed E-state index contributed by atoms with van der Waals surface area (Å²) < 4.78 is 3.39. The zero-order valence-corrected chi connectivity index (χ0v) is 9.77. The van der Waals surface area contributed by atoms with Crippen molar-refractivity contribution in [2.24, 2.45) is 0 Å². The number of hydrogen-bond donors (Lipinski definition) is 1. The van der Waals surface area contributed by atoms with Crippen LogP contribution in [0.2, 0.25) is 0 Å². The molecule has 0 spiro atoms. The molecule has 0 fully saturated rings. The number of pyridine rings is 1. The van der Waals surface area contributed by atoms with Gasteiger partial charge in [0.25, 0.3) is 0 Å². The molecule has 2 rings (SSSR count). The minimum absolute atomic E-state index is 0.0226. The van der Waals surface area contributed by atoms with Gasteiger partial charge in [-0.3, -0.25) is 9.13 Å². The summed E-state index contributed by atoms with van der Waals surface area (Å²) in [6.45, 7) is 6.50. The number of fused-ring (bicyclic) bond motifs is 1. The zero-order chi connectivity index (χ0) is 11.9. The van der Waals surface area contributed by atoms with E-state index in [1.165, 1.54) is 0 Å². The van der Waals surface area contributed by atoms with Crippen LogP contribution in [0.25, 0.3) is 11.2 Å². The lowest BCUT2D eigenvalue weighted by Crippen LogP contribution is -2.25. The van der Waals surface area contributed by atoms with E-state index in [1.807, 2.05) is 20.8 Å². The Morgan fingerprint density at radius 2 is 2.19 bits per heavy atom. The molecule has 0 aliphatic rings. The summed E-state index contributed by atoms with van der Waals surface area (Å²) >= 11 is 0. The maximum Gasteiger partial charge on any atom is 0.330 e. The van der Waals surface area contributed by atoms with E-state index < -0.39 is 0 Å². The lowest BCUT2D eigenvalue weighted by molar-refractivity contribution is 0.571. The average molecular weight is 220 g/mol. The first-order chi connectivity index (χ1) is 7.56. The van der Waals surface area contributed by atoms with Gasteiger partial charge in [-0.05, 0) is 26.8 Å². The van der Waals surface area contributed by atoms with Gasteiger partial charge >= 0.3 is 5.69 Å². The lowest BCUT2D eigenvalue weighted by atomic mass is 10.3. The molecule has 0 saturated carbocycles. The third-order valence-corrected chi connectivity index (χ3v) is 2.65. The smallest absolute Gasteiger partial charge is 0.330 e. The van der Waals surface area contributed by atoms with Gasteiger partial charge in [0, 0.05) is 12.6 Å². The van der Waals surface area contributed by atoms with Crippen LogP contribution >= 0.6 is 0 Å². The second-order valence-corrected chi connectivity index (χ2v) is 4.10. The van der Waals surface area contributed by atoms with Crippen LogP contribution in [-0.4, -0.2) is 14.1 Å². The molecule has 2 heterocycles. The third-order valence-electron chi connectivity index (χ3n) is 2.65. The molecular weight excluding hydrogens is 204 g/mol. The lowest BCUT2D eigenvalue weighted by Gasteiger charge is -2.06. The molecule has 2 N–H and O–H groups in total. The predicted molar refractivity (Wildman–Crippen MR) is 64.5 cm³/mol. The molecular formula is C11H16N4O. The highest BCUT2D eigenvalue weighted by Gasteiger charge is 2.15. The van der Waals surface area contributed by atoms with Gasteiger partial charge < -0.3 is 5.73 Å². The summed E-state index contributed by atoms with van der Waals surface area (Å²) in [7, 11) is 0. The molecule has 0 saturated heterocycles. The normalized spacial score (nSPS) is 11.5. The van der Waals surface area contributed by atoms with Gasteiger partial charge in [-0.25, -0.2) is 9.78 Å². The minimum Gasteiger partial charge on any atom is -0.397 e. The van der Waals surface area contributed by atoms with Crippen molar-refractivity contribution in [1.82, 2.24) is 14.1 Å². The van der Waals surface area contributed by atoms with Crippen molar-refractivity contribution in [3.8, 4) is 0 Å². The number of nitrogens with zero attached hydrogens (tertiary/aromatic N) is 3. The summed E-state index contributed by atoms with van der Waals surface area (Å²) in [6, 6.07) is 1.90. The van der Waals surface area contributed by atoms with Gasteiger partial charge in [0.05, 0.1) is 17.4 Å². The van der Waals surface area contributed by atoms with Crippen molar-refractivity contribution in [3.63, 3.8) is 0 Å². The summed E-state index contributed by atoms with van der Waals surface area (Å²) in [5, 5.41) is 0. The Bertz CT molecular complexity index is 579. The second-order valence-electron chi connectivity index (χ2n) is 4.10. The highest BCUT2D eigenvalue weighted by Crippen LogP contribution is 2.17. The van der Waals surface area contributed by atoms with E-state index in [0.717, 1.165) is 5.52 Å². The Morgan fingerprint density at radius 1 is 1.50 bits per heavy atom. The average Bonchev–Trinajstić information content (AvgIpc) is 2.48. The van der Waals surface area contributed by atoms with Crippen LogP contribution < -0.4 is 11.4 Å². The van der Waals surface area contributed by atoms with E-state index in [-0.39, 0.29) is 11.7 Å². The van der Waals surface area contributed by atoms with Crippen molar-refractivity contribution in [1.29, 1.82) is 0 Å². The fraction of sp³-hybridized carbons (Fsp3) is 0.455. The Labute approximate surface area is 93.5 Å². The molecule has 5 nitrogen and oxygen atoms in total. The van der Waals surface area contributed by atoms with Gasteiger partial charge in [0.2, 0.25) is 0 Å². The first-order valence-corrected chi connectivity index (χ1v) is 5.42. The summed E-state index contributed by atoms with van der Waals surface area (Å²) in [5.74, 6) is 0. The predicted octanol–water partition coefficient (Wildman–Crippen LogP) is 1.38. The van der Waals surface area contributed by atoms with Gasteiger partial charge in [-0.15, -0.1) is 0 Å². The fourth-order valence-corrected chi connectivity index (χ4v) is 1.95. The number of nitrogen functional groups attached to an aromatic ring is 1. The van der Waals surface area contributed by atoms with Crippen LogP contribution in [0.3, 0.4) is 0 Å². The summed E-state index contributed by atoms with van der Waals surface area (Å²) in [5.41, 5.74) is 7.77. The Morgan fingerprint density at radius 3 is 2.75 bits per heavy atom. The third kappa shape index (κ3) is 1.39. The number of anilines is 1. The van der Waals surface area contributed by atoms with Gasteiger partial charge in [-0.2, -0.15) is 0 Å². The Hall–Kier alpha value is -1.78.